The van der Waals surface area contributed by atoms with Crippen molar-refractivity contribution in [1.82, 2.24) is 10.3 Å². The maximum atomic E-state index is 12.9. The first-order valence-electron chi connectivity index (χ1n) is 6.95. The third-order valence-corrected chi connectivity index (χ3v) is 3.86. The summed E-state index contributed by atoms with van der Waals surface area (Å²) >= 11 is 0. The van der Waals surface area contributed by atoms with Crippen LogP contribution < -0.4 is 10.1 Å². The second kappa shape index (κ2) is 4.87. The molecule has 2 aliphatic rings. The molecule has 0 saturated carbocycles. The molecule has 1 fully saturated rings. The van der Waals surface area contributed by atoms with E-state index >= 15 is 0 Å². The van der Waals surface area contributed by atoms with E-state index in [2.05, 4.69) is 22.1 Å². The maximum absolute atomic E-state index is 12.9. The summed E-state index contributed by atoms with van der Waals surface area (Å²) in [5.41, 5.74) is 2.63. The number of nitrogens with one attached hydrogen (secondary N) is 1. The van der Waals surface area contributed by atoms with Crippen molar-refractivity contribution in [2.75, 3.05) is 6.54 Å². The first-order valence-corrected chi connectivity index (χ1v) is 6.95. The lowest BCUT2D eigenvalue weighted by molar-refractivity contribution is 0.203. The molecule has 0 unspecified atom stereocenters. The minimum Gasteiger partial charge on any atom is -0.487 e. The minimum absolute atomic E-state index is 0.219. The van der Waals surface area contributed by atoms with Crippen LogP contribution in [0.15, 0.2) is 36.7 Å². The van der Waals surface area contributed by atoms with E-state index in [-0.39, 0.29) is 11.9 Å². The van der Waals surface area contributed by atoms with Crippen LogP contribution in [0.5, 0.6) is 5.75 Å². The summed E-state index contributed by atoms with van der Waals surface area (Å²) in [6.45, 7) is 0.865. The van der Waals surface area contributed by atoms with Gasteiger partial charge in [-0.15, -0.1) is 0 Å². The Balaban J connectivity index is 1.71. The summed E-state index contributed by atoms with van der Waals surface area (Å²) < 4.78 is 18.9. The average molecular weight is 280 g/mol. The summed E-state index contributed by atoms with van der Waals surface area (Å²) in [5.74, 6) is 6.70. The molecule has 2 bridgehead atoms. The van der Waals surface area contributed by atoms with E-state index in [1.807, 2.05) is 6.20 Å². The highest BCUT2D eigenvalue weighted by Gasteiger charge is 2.35. The monoisotopic (exact) mass is 280 g/mol. The lowest BCUT2D eigenvalue weighted by Gasteiger charge is -2.23. The number of ether oxygens (including phenoxy) is 1. The quantitative estimate of drug-likeness (QED) is 0.753. The van der Waals surface area contributed by atoms with Gasteiger partial charge in [-0.3, -0.25) is 4.98 Å². The lowest BCUT2D eigenvalue weighted by atomic mass is 10.0. The number of halogens is 1. The molecule has 4 rings (SSSR count). The molecule has 2 atom stereocenters. The minimum atomic E-state index is -0.259. The summed E-state index contributed by atoms with van der Waals surface area (Å²) in [4.78, 5) is 4.26. The van der Waals surface area contributed by atoms with Crippen molar-refractivity contribution >= 4 is 0 Å². The highest BCUT2D eigenvalue weighted by atomic mass is 19.1. The Labute approximate surface area is 122 Å². The third-order valence-electron chi connectivity index (χ3n) is 3.86. The van der Waals surface area contributed by atoms with Crippen LogP contribution in [0.4, 0.5) is 4.39 Å². The molecule has 21 heavy (non-hydrogen) atoms. The smallest absolute Gasteiger partial charge is 0.143 e. The molecule has 1 aromatic heterocycles. The molecule has 4 heteroatoms. The Bertz CT molecular complexity index is 746. The number of nitrogens with zero attached hydrogens (tertiary/aromatic N) is 1. The number of hydrogen-bond donors (Lipinski definition) is 1. The number of aromatic nitrogens is 1. The SMILES string of the molecule is Fc1ccc(C#Cc2cncc3c2O[C@@H]2CN[C@H]3C2)cc1. The number of benzene rings is 1. The van der Waals surface area contributed by atoms with E-state index in [9.17, 15) is 4.39 Å². The standard InChI is InChI=1S/C17H13FN2O/c18-13-5-2-11(3-6-13)1-4-12-8-19-10-15-16-7-14(9-20-16)21-17(12)15/h2-3,5-6,8,10,14,16,20H,7,9H2/t14-,16-/m0/s1. The molecule has 2 aromatic rings. The fourth-order valence-corrected chi connectivity index (χ4v) is 2.80. The first-order chi connectivity index (χ1) is 10.3. The molecule has 1 saturated heterocycles. The molecule has 104 valence electrons. The van der Waals surface area contributed by atoms with Gasteiger partial charge in [-0.1, -0.05) is 11.8 Å². The molecule has 3 heterocycles. The van der Waals surface area contributed by atoms with Crippen LogP contribution in [0.25, 0.3) is 0 Å². The van der Waals surface area contributed by atoms with Gasteiger partial charge in [0.25, 0.3) is 0 Å². The largest absolute Gasteiger partial charge is 0.487 e. The van der Waals surface area contributed by atoms with Crippen LogP contribution in [0, 0.1) is 17.7 Å². The summed E-state index contributed by atoms with van der Waals surface area (Å²) in [7, 11) is 0. The predicted molar refractivity (Wildman–Crippen MR) is 76.4 cm³/mol. The van der Waals surface area contributed by atoms with Gasteiger partial charge in [0.15, 0.2) is 0 Å². The number of hydrogen-bond acceptors (Lipinski definition) is 3. The summed E-state index contributed by atoms with van der Waals surface area (Å²) in [6.07, 6.45) is 4.78. The van der Waals surface area contributed by atoms with Crippen molar-refractivity contribution in [2.24, 2.45) is 0 Å². The van der Waals surface area contributed by atoms with E-state index in [0.29, 0.717) is 6.04 Å². The van der Waals surface area contributed by atoms with Crippen molar-refractivity contribution in [3.8, 4) is 17.6 Å². The van der Waals surface area contributed by atoms with Crippen molar-refractivity contribution in [3.05, 3.63) is 59.2 Å². The molecule has 1 N–H and O–H groups in total. The molecule has 2 aliphatic heterocycles. The van der Waals surface area contributed by atoms with Crippen molar-refractivity contribution in [1.29, 1.82) is 0 Å². The normalized spacial score (nSPS) is 22.0. The van der Waals surface area contributed by atoms with Crippen LogP contribution in [0.1, 0.15) is 29.2 Å². The zero-order valence-electron chi connectivity index (χ0n) is 11.3. The van der Waals surface area contributed by atoms with Gasteiger partial charge in [0.1, 0.15) is 17.7 Å². The number of rotatable bonds is 0. The fourth-order valence-electron chi connectivity index (χ4n) is 2.80. The Morgan fingerprint density at radius 2 is 2.05 bits per heavy atom. The average Bonchev–Trinajstić information content (AvgIpc) is 2.89. The van der Waals surface area contributed by atoms with Gasteiger partial charge in [0.2, 0.25) is 0 Å². The van der Waals surface area contributed by atoms with Crippen LogP contribution >= 0.6 is 0 Å². The number of pyridine rings is 1. The van der Waals surface area contributed by atoms with Gasteiger partial charge in [-0.25, -0.2) is 4.39 Å². The Kier molecular flexibility index (Phi) is 2.87. The van der Waals surface area contributed by atoms with Crippen LogP contribution in [0.2, 0.25) is 0 Å². The van der Waals surface area contributed by atoms with Crippen LogP contribution in [-0.2, 0) is 0 Å². The van der Waals surface area contributed by atoms with E-state index in [1.54, 1.807) is 18.3 Å². The van der Waals surface area contributed by atoms with Crippen LogP contribution in [0.3, 0.4) is 0 Å². The molecule has 0 aliphatic carbocycles. The van der Waals surface area contributed by atoms with E-state index in [4.69, 9.17) is 4.74 Å². The molecular formula is C17H13FN2O. The Morgan fingerprint density at radius 1 is 1.19 bits per heavy atom. The van der Waals surface area contributed by atoms with Gasteiger partial charge >= 0.3 is 0 Å². The maximum Gasteiger partial charge on any atom is 0.143 e. The van der Waals surface area contributed by atoms with Gasteiger partial charge in [0.05, 0.1) is 5.56 Å². The Morgan fingerprint density at radius 3 is 2.90 bits per heavy atom. The number of fused-ring (bicyclic) bond motifs is 4. The first kappa shape index (κ1) is 12.4. The molecule has 0 spiro atoms. The zero-order chi connectivity index (χ0) is 14.2. The van der Waals surface area contributed by atoms with Gasteiger partial charge in [-0.2, -0.15) is 0 Å². The second-order valence-corrected chi connectivity index (χ2v) is 5.30. The van der Waals surface area contributed by atoms with Crippen LogP contribution in [-0.4, -0.2) is 17.6 Å². The molecule has 0 radical (unpaired) electrons. The highest BCUT2D eigenvalue weighted by Crippen LogP contribution is 2.39. The summed E-state index contributed by atoms with van der Waals surface area (Å²) in [5, 5.41) is 3.43. The molecular weight excluding hydrogens is 267 g/mol. The van der Waals surface area contributed by atoms with E-state index in [0.717, 1.165) is 35.4 Å². The highest BCUT2D eigenvalue weighted by molar-refractivity contribution is 5.53. The van der Waals surface area contributed by atoms with E-state index in [1.165, 1.54) is 12.1 Å². The molecule has 1 aromatic carbocycles. The van der Waals surface area contributed by atoms with Gasteiger partial charge in [0, 0.05) is 42.5 Å². The van der Waals surface area contributed by atoms with Crippen molar-refractivity contribution < 1.29 is 9.13 Å². The van der Waals surface area contributed by atoms with Gasteiger partial charge in [-0.05, 0) is 24.3 Å². The lowest BCUT2D eigenvalue weighted by Crippen LogP contribution is -2.20. The van der Waals surface area contributed by atoms with Crippen molar-refractivity contribution in [3.63, 3.8) is 0 Å². The topological polar surface area (TPSA) is 34.1 Å². The second-order valence-electron chi connectivity index (χ2n) is 5.30. The zero-order valence-corrected chi connectivity index (χ0v) is 11.3. The van der Waals surface area contributed by atoms with E-state index < -0.39 is 0 Å². The van der Waals surface area contributed by atoms with Crippen molar-refractivity contribution in [2.45, 2.75) is 18.6 Å². The molecule has 3 nitrogen and oxygen atoms in total. The summed E-state index contributed by atoms with van der Waals surface area (Å²) in [6, 6.07) is 6.46. The van der Waals surface area contributed by atoms with Gasteiger partial charge < -0.3 is 10.1 Å². The Hall–Kier alpha value is -2.38. The predicted octanol–water partition coefficient (Wildman–Crippen LogP) is 2.42. The fraction of sp³-hybridized carbons (Fsp3) is 0.235. The molecule has 0 amide bonds. The third kappa shape index (κ3) is 2.26.